The van der Waals surface area contributed by atoms with Crippen LogP contribution in [-0.4, -0.2) is 45.9 Å². The Morgan fingerprint density at radius 1 is 0.853 bits per heavy atom. The lowest BCUT2D eigenvalue weighted by atomic mass is 9.90. The standard InChI is InChI=1S/C26H27N3O5/c1-32-21-14-18(15-22(33-2)25(21)34-3)16-28-29-23(30)17-27-26(31)24(19-10-6-4-7-11-19)20-12-8-5-9-13-20/h4-16,24H,17H2,1-3H3,(H,27,31)(H,29,30)/b28-16-. The molecular weight excluding hydrogens is 434 g/mol. The Hall–Kier alpha value is -4.33. The number of nitrogens with one attached hydrogen (secondary N) is 2. The van der Waals surface area contributed by atoms with Crippen molar-refractivity contribution in [1.82, 2.24) is 10.7 Å². The molecule has 2 amide bonds. The van der Waals surface area contributed by atoms with E-state index in [0.717, 1.165) is 11.1 Å². The topological polar surface area (TPSA) is 98.2 Å². The number of hydrogen-bond acceptors (Lipinski definition) is 6. The normalized spacial score (nSPS) is 10.7. The third kappa shape index (κ3) is 6.13. The fourth-order valence-electron chi connectivity index (χ4n) is 3.45. The second kappa shape index (κ2) is 12.1. The van der Waals surface area contributed by atoms with E-state index in [1.54, 1.807) is 12.1 Å². The molecule has 0 unspecified atom stereocenters. The van der Waals surface area contributed by atoms with Gasteiger partial charge in [0, 0.05) is 5.56 Å². The predicted octanol–water partition coefficient (Wildman–Crippen LogP) is 3.11. The number of carbonyl (C=O) groups excluding carboxylic acids is 2. The van der Waals surface area contributed by atoms with Crippen molar-refractivity contribution in [3.8, 4) is 17.2 Å². The molecule has 0 radical (unpaired) electrons. The molecule has 2 N–H and O–H groups in total. The molecule has 3 aromatic carbocycles. The van der Waals surface area contributed by atoms with Crippen molar-refractivity contribution in [3.05, 3.63) is 89.5 Å². The predicted molar refractivity (Wildman–Crippen MR) is 130 cm³/mol. The van der Waals surface area contributed by atoms with E-state index in [1.807, 2.05) is 60.7 Å². The second-order valence-corrected chi connectivity index (χ2v) is 7.22. The van der Waals surface area contributed by atoms with E-state index < -0.39 is 11.8 Å². The Morgan fingerprint density at radius 2 is 1.38 bits per heavy atom. The molecule has 0 saturated heterocycles. The Labute approximate surface area is 198 Å². The fourth-order valence-corrected chi connectivity index (χ4v) is 3.45. The minimum atomic E-state index is -0.530. The van der Waals surface area contributed by atoms with E-state index in [0.29, 0.717) is 22.8 Å². The van der Waals surface area contributed by atoms with E-state index >= 15 is 0 Å². The van der Waals surface area contributed by atoms with Crippen LogP contribution in [0.3, 0.4) is 0 Å². The van der Waals surface area contributed by atoms with Crippen LogP contribution < -0.4 is 25.0 Å². The summed E-state index contributed by atoms with van der Waals surface area (Å²) in [6.45, 7) is -0.221. The number of amides is 2. The molecule has 0 aliphatic rings. The molecule has 8 heteroatoms. The van der Waals surface area contributed by atoms with Gasteiger partial charge in [-0.1, -0.05) is 60.7 Å². The van der Waals surface area contributed by atoms with E-state index in [2.05, 4.69) is 15.8 Å². The summed E-state index contributed by atoms with van der Waals surface area (Å²) in [5.74, 6) is 0.126. The van der Waals surface area contributed by atoms with Crippen LogP contribution in [0.15, 0.2) is 77.9 Å². The number of methoxy groups -OCH3 is 3. The van der Waals surface area contributed by atoms with Crippen molar-refractivity contribution in [3.63, 3.8) is 0 Å². The van der Waals surface area contributed by atoms with Gasteiger partial charge in [0.15, 0.2) is 11.5 Å². The SMILES string of the molecule is COc1cc(/C=N\NC(=O)CNC(=O)C(c2ccccc2)c2ccccc2)cc(OC)c1OC. The summed E-state index contributed by atoms with van der Waals surface area (Å²) in [4.78, 5) is 25.2. The molecule has 176 valence electrons. The molecule has 0 fully saturated rings. The highest BCUT2D eigenvalue weighted by Crippen LogP contribution is 2.37. The van der Waals surface area contributed by atoms with Crippen LogP contribution in [0.25, 0.3) is 0 Å². The zero-order chi connectivity index (χ0) is 24.3. The number of hydrazone groups is 1. The van der Waals surface area contributed by atoms with Crippen molar-refractivity contribution in [2.45, 2.75) is 5.92 Å². The number of nitrogens with zero attached hydrogens (tertiary/aromatic N) is 1. The van der Waals surface area contributed by atoms with E-state index in [4.69, 9.17) is 14.2 Å². The molecule has 34 heavy (non-hydrogen) atoms. The maximum absolute atomic E-state index is 13.0. The maximum atomic E-state index is 13.0. The van der Waals surface area contributed by atoms with Crippen LogP contribution in [0.1, 0.15) is 22.6 Å². The molecule has 8 nitrogen and oxygen atoms in total. The smallest absolute Gasteiger partial charge is 0.259 e. The summed E-state index contributed by atoms with van der Waals surface area (Å²) < 4.78 is 15.9. The highest BCUT2D eigenvalue weighted by molar-refractivity contribution is 5.91. The van der Waals surface area contributed by atoms with Gasteiger partial charge in [0.25, 0.3) is 5.91 Å². The molecule has 0 spiro atoms. The highest BCUT2D eigenvalue weighted by atomic mass is 16.5. The Balaban J connectivity index is 1.63. The third-order valence-corrected chi connectivity index (χ3v) is 5.04. The Morgan fingerprint density at radius 3 is 1.85 bits per heavy atom. The summed E-state index contributed by atoms with van der Waals surface area (Å²) in [7, 11) is 4.55. The molecule has 0 atom stereocenters. The number of benzene rings is 3. The van der Waals surface area contributed by atoms with Crippen molar-refractivity contribution >= 4 is 18.0 Å². The van der Waals surface area contributed by atoms with Crippen molar-refractivity contribution in [2.24, 2.45) is 5.10 Å². The van der Waals surface area contributed by atoms with Gasteiger partial charge in [0.1, 0.15) is 0 Å². The second-order valence-electron chi connectivity index (χ2n) is 7.22. The van der Waals surface area contributed by atoms with Gasteiger partial charge in [-0.25, -0.2) is 5.43 Å². The molecule has 0 heterocycles. The minimum Gasteiger partial charge on any atom is -0.493 e. The van der Waals surface area contributed by atoms with Crippen molar-refractivity contribution < 1.29 is 23.8 Å². The van der Waals surface area contributed by atoms with E-state index in [9.17, 15) is 9.59 Å². The van der Waals surface area contributed by atoms with Crippen molar-refractivity contribution in [1.29, 1.82) is 0 Å². The Bertz CT molecular complexity index is 1070. The third-order valence-electron chi connectivity index (χ3n) is 5.04. The van der Waals surface area contributed by atoms with Crippen LogP contribution in [0.4, 0.5) is 0 Å². The first-order valence-electron chi connectivity index (χ1n) is 10.6. The van der Waals surface area contributed by atoms with Gasteiger partial charge in [-0.2, -0.15) is 5.10 Å². The molecular formula is C26H27N3O5. The fraction of sp³-hybridized carbons (Fsp3) is 0.192. The van der Waals surface area contributed by atoms with Gasteiger partial charge in [0.05, 0.1) is 40.0 Å². The van der Waals surface area contributed by atoms with Crippen LogP contribution in [0.2, 0.25) is 0 Å². The van der Waals surface area contributed by atoms with Crippen LogP contribution in [0.5, 0.6) is 17.2 Å². The largest absolute Gasteiger partial charge is 0.493 e. The summed E-state index contributed by atoms with van der Waals surface area (Å²) >= 11 is 0. The quantitative estimate of drug-likeness (QED) is 0.357. The molecule has 0 aromatic heterocycles. The van der Waals surface area contributed by atoms with Gasteiger partial charge in [-0.05, 0) is 23.3 Å². The molecule has 0 aliphatic heterocycles. The Kier molecular flexibility index (Phi) is 8.62. The average molecular weight is 462 g/mol. The van der Waals surface area contributed by atoms with Gasteiger partial charge >= 0.3 is 0 Å². The summed E-state index contributed by atoms with van der Waals surface area (Å²) in [6, 6.07) is 22.2. The summed E-state index contributed by atoms with van der Waals surface area (Å²) in [5.41, 5.74) is 4.72. The molecule has 0 aliphatic carbocycles. The number of carbonyl (C=O) groups is 2. The van der Waals surface area contributed by atoms with Gasteiger partial charge in [-0.15, -0.1) is 0 Å². The first-order valence-corrected chi connectivity index (χ1v) is 10.6. The van der Waals surface area contributed by atoms with Crippen LogP contribution >= 0.6 is 0 Å². The van der Waals surface area contributed by atoms with Gasteiger partial charge < -0.3 is 19.5 Å². The lowest BCUT2D eigenvalue weighted by Crippen LogP contribution is -2.37. The summed E-state index contributed by atoms with van der Waals surface area (Å²) in [6.07, 6.45) is 1.45. The van der Waals surface area contributed by atoms with Gasteiger partial charge in [0.2, 0.25) is 11.7 Å². The number of rotatable bonds is 10. The highest BCUT2D eigenvalue weighted by Gasteiger charge is 2.22. The van der Waals surface area contributed by atoms with E-state index in [1.165, 1.54) is 27.5 Å². The van der Waals surface area contributed by atoms with Gasteiger partial charge in [-0.3, -0.25) is 9.59 Å². The lowest BCUT2D eigenvalue weighted by molar-refractivity contribution is -0.126. The zero-order valence-electron chi connectivity index (χ0n) is 19.3. The van der Waals surface area contributed by atoms with Crippen LogP contribution in [0, 0.1) is 0 Å². The van der Waals surface area contributed by atoms with Crippen molar-refractivity contribution in [2.75, 3.05) is 27.9 Å². The minimum absolute atomic E-state index is 0.221. The first kappa shape index (κ1) is 24.3. The molecule has 3 rings (SSSR count). The maximum Gasteiger partial charge on any atom is 0.259 e. The van der Waals surface area contributed by atoms with E-state index in [-0.39, 0.29) is 12.5 Å². The molecule has 0 saturated carbocycles. The molecule has 0 bridgehead atoms. The summed E-state index contributed by atoms with van der Waals surface area (Å²) in [5, 5.41) is 6.66. The number of ether oxygens (including phenoxy) is 3. The number of hydrogen-bond donors (Lipinski definition) is 2. The monoisotopic (exact) mass is 461 g/mol. The lowest BCUT2D eigenvalue weighted by Gasteiger charge is -2.17. The first-order chi connectivity index (χ1) is 16.6. The zero-order valence-corrected chi connectivity index (χ0v) is 19.3. The average Bonchev–Trinajstić information content (AvgIpc) is 2.88. The van der Waals surface area contributed by atoms with Crippen LogP contribution in [-0.2, 0) is 9.59 Å². The molecule has 3 aromatic rings.